The van der Waals surface area contributed by atoms with Crippen molar-refractivity contribution in [1.29, 1.82) is 0 Å². The second-order valence-electron chi connectivity index (χ2n) is 5.32. The summed E-state index contributed by atoms with van der Waals surface area (Å²) in [5.41, 5.74) is 0.588. The average Bonchev–Trinajstić information content (AvgIpc) is 2.85. The Bertz CT molecular complexity index is 818. The van der Waals surface area contributed by atoms with Crippen LogP contribution in [0.1, 0.15) is 6.42 Å². The molecule has 0 aromatic heterocycles. The van der Waals surface area contributed by atoms with Crippen LogP contribution in [0, 0.1) is 0 Å². The van der Waals surface area contributed by atoms with E-state index < -0.39 is 10.0 Å². The maximum Gasteiger partial charge on any atom is 0.264 e. The van der Waals surface area contributed by atoms with Crippen LogP contribution < -0.4 is 13.8 Å². The van der Waals surface area contributed by atoms with Gasteiger partial charge in [0.2, 0.25) is 0 Å². The van der Waals surface area contributed by atoms with Gasteiger partial charge < -0.3 is 9.47 Å². The van der Waals surface area contributed by atoms with Crippen LogP contribution in [0.25, 0.3) is 0 Å². The van der Waals surface area contributed by atoms with Gasteiger partial charge in [0.15, 0.2) is 11.5 Å². The number of para-hydroxylation sites is 1. The average molecular weight is 345 g/mol. The molecule has 6 heteroatoms. The van der Waals surface area contributed by atoms with Crippen LogP contribution in [0.5, 0.6) is 11.5 Å². The van der Waals surface area contributed by atoms with E-state index in [1.54, 1.807) is 42.5 Å². The highest BCUT2D eigenvalue weighted by Crippen LogP contribution is 2.33. The maximum absolute atomic E-state index is 13.1. The van der Waals surface area contributed by atoms with E-state index in [0.29, 0.717) is 30.4 Å². The lowest BCUT2D eigenvalue weighted by Gasteiger charge is -2.23. The number of ether oxygens (including phenoxy) is 2. The lowest BCUT2D eigenvalue weighted by molar-refractivity contribution is 0.297. The minimum Gasteiger partial charge on any atom is -0.490 e. The van der Waals surface area contributed by atoms with Crippen molar-refractivity contribution >= 4 is 15.7 Å². The molecule has 0 radical (unpaired) electrons. The zero-order valence-corrected chi connectivity index (χ0v) is 14.0. The van der Waals surface area contributed by atoms with E-state index in [4.69, 9.17) is 9.47 Å². The van der Waals surface area contributed by atoms with Crippen molar-refractivity contribution in [3.05, 3.63) is 61.2 Å². The topological polar surface area (TPSA) is 55.8 Å². The van der Waals surface area contributed by atoms with Gasteiger partial charge in [0.1, 0.15) is 0 Å². The van der Waals surface area contributed by atoms with Crippen molar-refractivity contribution < 1.29 is 17.9 Å². The summed E-state index contributed by atoms with van der Waals surface area (Å²) in [5.74, 6) is 1.03. The minimum absolute atomic E-state index is 0.164. The third kappa shape index (κ3) is 3.23. The Morgan fingerprint density at radius 3 is 2.46 bits per heavy atom. The Morgan fingerprint density at radius 1 is 1.04 bits per heavy atom. The Balaban J connectivity index is 2.02. The molecular formula is C18H19NO4S. The zero-order chi connectivity index (χ0) is 17.0. The second kappa shape index (κ2) is 6.97. The normalized spacial score (nSPS) is 13.8. The first-order chi connectivity index (χ1) is 11.6. The Kier molecular flexibility index (Phi) is 4.76. The first-order valence-electron chi connectivity index (χ1n) is 7.71. The molecule has 0 saturated carbocycles. The molecule has 0 N–H and O–H groups in total. The summed E-state index contributed by atoms with van der Waals surface area (Å²) in [4.78, 5) is 0.164. The maximum atomic E-state index is 13.1. The molecule has 0 bridgehead atoms. The molecule has 0 amide bonds. The first-order valence-corrected chi connectivity index (χ1v) is 9.15. The van der Waals surface area contributed by atoms with Crippen molar-refractivity contribution in [2.45, 2.75) is 11.3 Å². The first kappa shape index (κ1) is 16.4. The lowest BCUT2D eigenvalue weighted by atomic mass is 10.3. The molecule has 5 nitrogen and oxygen atoms in total. The molecule has 1 aliphatic rings. The Morgan fingerprint density at radius 2 is 1.75 bits per heavy atom. The summed E-state index contributed by atoms with van der Waals surface area (Å²) in [6.07, 6.45) is 2.33. The molecular weight excluding hydrogens is 326 g/mol. The van der Waals surface area contributed by atoms with Gasteiger partial charge >= 0.3 is 0 Å². The number of anilines is 1. The van der Waals surface area contributed by atoms with Crippen LogP contribution in [0.2, 0.25) is 0 Å². The van der Waals surface area contributed by atoms with Gasteiger partial charge in [-0.2, -0.15) is 0 Å². The van der Waals surface area contributed by atoms with E-state index >= 15 is 0 Å². The van der Waals surface area contributed by atoms with Gasteiger partial charge in [-0.25, -0.2) is 8.42 Å². The van der Waals surface area contributed by atoms with Gasteiger partial charge in [0.05, 0.1) is 30.3 Å². The van der Waals surface area contributed by atoms with Gasteiger partial charge in [0, 0.05) is 12.5 Å². The second-order valence-corrected chi connectivity index (χ2v) is 7.18. The van der Waals surface area contributed by atoms with Gasteiger partial charge in [-0.15, -0.1) is 6.58 Å². The summed E-state index contributed by atoms with van der Waals surface area (Å²) >= 11 is 0. The molecule has 0 fully saturated rings. The summed E-state index contributed by atoms with van der Waals surface area (Å²) in [6, 6.07) is 13.7. The third-order valence-corrected chi connectivity index (χ3v) is 5.44. The number of benzene rings is 2. The number of fused-ring (bicyclic) bond motifs is 1. The fraction of sp³-hybridized carbons (Fsp3) is 0.222. The van der Waals surface area contributed by atoms with E-state index in [2.05, 4.69) is 6.58 Å². The number of nitrogens with zero attached hydrogens (tertiary/aromatic N) is 1. The lowest BCUT2D eigenvalue weighted by Crippen LogP contribution is -2.31. The van der Waals surface area contributed by atoms with Crippen molar-refractivity contribution in [3.63, 3.8) is 0 Å². The highest BCUT2D eigenvalue weighted by Gasteiger charge is 2.25. The van der Waals surface area contributed by atoms with E-state index in [1.807, 2.05) is 6.07 Å². The molecule has 3 rings (SSSR count). The number of hydrogen-bond acceptors (Lipinski definition) is 4. The number of rotatable bonds is 5. The molecule has 0 atom stereocenters. The third-order valence-electron chi connectivity index (χ3n) is 3.65. The highest BCUT2D eigenvalue weighted by molar-refractivity contribution is 7.92. The summed E-state index contributed by atoms with van der Waals surface area (Å²) in [5, 5.41) is 0. The minimum atomic E-state index is -3.74. The summed E-state index contributed by atoms with van der Waals surface area (Å²) in [6.45, 7) is 4.91. The Labute approximate surface area is 142 Å². The van der Waals surface area contributed by atoms with Crippen molar-refractivity contribution in [2.75, 3.05) is 24.1 Å². The molecule has 0 aliphatic carbocycles. The van der Waals surface area contributed by atoms with Crippen LogP contribution in [0.15, 0.2) is 66.1 Å². The van der Waals surface area contributed by atoms with Crippen LogP contribution in [0.3, 0.4) is 0 Å². The van der Waals surface area contributed by atoms with E-state index in [0.717, 1.165) is 6.42 Å². The molecule has 0 unspecified atom stereocenters. The van der Waals surface area contributed by atoms with Gasteiger partial charge in [0.25, 0.3) is 10.0 Å². The molecule has 1 heterocycles. The molecule has 126 valence electrons. The van der Waals surface area contributed by atoms with E-state index in [1.165, 1.54) is 10.4 Å². The smallest absolute Gasteiger partial charge is 0.264 e. The highest BCUT2D eigenvalue weighted by atomic mass is 32.2. The van der Waals surface area contributed by atoms with Crippen LogP contribution in [-0.4, -0.2) is 28.2 Å². The van der Waals surface area contributed by atoms with E-state index in [9.17, 15) is 8.42 Å². The molecule has 24 heavy (non-hydrogen) atoms. The van der Waals surface area contributed by atoms with Crippen LogP contribution in [-0.2, 0) is 10.0 Å². The zero-order valence-electron chi connectivity index (χ0n) is 13.2. The summed E-state index contributed by atoms with van der Waals surface area (Å²) in [7, 11) is -3.74. The molecule has 0 saturated heterocycles. The van der Waals surface area contributed by atoms with Crippen molar-refractivity contribution in [1.82, 2.24) is 0 Å². The fourth-order valence-electron chi connectivity index (χ4n) is 2.49. The number of hydrogen-bond donors (Lipinski definition) is 0. The molecule has 2 aromatic carbocycles. The largest absolute Gasteiger partial charge is 0.490 e. The van der Waals surface area contributed by atoms with Crippen LogP contribution in [0.4, 0.5) is 5.69 Å². The van der Waals surface area contributed by atoms with Crippen molar-refractivity contribution in [2.24, 2.45) is 0 Å². The van der Waals surface area contributed by atoms with Crippen LogP contribution >= 0.6 is 0 Å². The standard InChI is InChI=1S/C18H19NO4S/c1-2-11-19(15-7-4-3-5-8-15)24(20,21)16-9-10-17-18(14-16)23-13-6-12-22-17/h2-5,7-10,14H,1,6,11-13H2. The Hall–Kier alpha value is -2.47. The molecule has 2 aromatic rings. The molecule has 0 spiro atoms. The SMILES string of the molecule is C=CCN(c1ccccc1)S(=O)(=O)c1ccc2c(c1)OCCCO2. The fourth-order valence-corrected chi connectivity index (χ4v) is 3.94. The van der Waals surface area contributed by atoms with Gasteiger partial charge in [-0.1, -0.05) is 24.3 Å². The van der Waals surface area contributed by atoms with Gasteiger partial charge in [-0.05, 0) is 24.3 Å². The van der Waals surface area contributed by atoms with Gasteiger partial charge in [-0.3, -0.25) is 4.31 Å². The predicted octanol–water partition coefficient (Wildman–Crippen LogP) is 3.23. The predicted molar refractivity (Wildman–Crippen MR) is 93.2 cm³/mol. The monoisotopic (exact) mass is 345 g/mol. The number of sulfonamides is 1. The van der Waals surface area contributed by atoms with E-state index in [-0.39, 0.29) is 11.4 Å². The molecule has 1 aliphatic heterocycles. The van der Waals surface area contributed by atoms with Crippen molar-refractivity contribution in [3.8, 4) is 11.5 Å². The quantitative estimate of drug-likeness (QED) is 0.781. The summed E-state index contributed by atoms with van der Waals surface area (Å²) < 4.78 is 38.6.